The van der Waals surface area contributed by atoms with Crippen LogP contribution < -0.4 is 19.6 Å². The molecule has 1 aliphatic heterocycles. The van der Waals surface area contributed by atoms with Crippen molar-refractivity contribution in [3.8, 4) is 34.3 Å². The van der Waals surface area contributed by atoms with Crippen LogP contribution in [0.3, 0.4) is 0 Å². The zero-order chi connectivity index (χ0) is 17.8. The highest BCUT2D eigenvalue weighted by Gasteiger charge is 2.36. The first-order chi connectivity index (χ1) is 11.9. The normalized spacial score (nSPS) is 18.5. The highest BCUT2D eigenvalue weighted by Crippen LogP contribution is 2.42. The summed E-state index contributed by atoms with van der Waals surface area (Å²) in [6, 6.07) is 6.53. The number of ether oxygens (including phenoxy) is 3. The van der Waals surface area contributed by atoms with E-state index in [1.165, 1.54) is 37.4 Å². The van der Waals surface area contributed by atoms with Gasteiger partial charge < -0.3 is 23.7 Å². The van der Waals surface area contributed by atoms with Crippen LogP contribution in [0.1, 0.15) is 6.92 Å². The summed E-state index contributed by atoms with van der Waals surface area (Å²) in [6.45, 7) is 1.15. The van der Waals surface area contributed by atoms with Crippen LogP contribution in [0.25, 0.3) is 22.3 Å². The quantitative estimate of drug-likeness (QED) is 0.765. The summed E-state index contributed by atoms with van der Waals surface area (Å²) in [5.74, 6) is 0.830. The molecule has 0 bridgehead atoms. The van der Waals surface area contributed by atoms with E-state index >= 15 is 0 Å². The predicted octanol–water partition coefficient (Wildman–Crippen LogP) is 3.59. The fourth-order valence-electron chi connectivity index (χ4n) is 2.74. The van der Waals surface area contributed by atoms with Crippen molar-refractivity contribution < 1.29 is 28.1 Å². The molecule has 0 fully saturated rings. The van der Waals surface area contributed by atoms with Crippen LogP contribution in [0.2, 0.25) is 0 Å². The van der Waals surface area contributed by atoms with Gasteiger partial charge in [-0.2, -0.15) is 4.39 Å². The van der Waals surface area contributed by atoms with Crippen molar-refractivity contribution >= 4 is 11.0 Å². The molecule has 0 spiro atoms. The number of phenolic OH excluding ortho intramolecular Hbond substituents is 1. The largest absolute Gasteiger partial charge is 0.507 e. The molecule has 7 heteroatoms. The van der Waals surface area contributed by atoms with E-state index in [4.69, 9.17) is 18.6 Å². The van der Waals surface area contributed by atoms with Crippen molar-refractivity contribution in [3.05, 3.63) is 46.6 Å². The van der Waals surface area contributed by atoms with Gasteiger partial charge in [0.15, 0.2) is 16.9 Å². The second-order valence-electron chi connectivity index (χ2n) is 5.70. The van der Waals surface area contributed by atoms with Gasteiger partial charge in [0.2, 0.25) is 0 Å². The monoisotopic (exact) mass is 344 g/mol. The summed E-state index contributed by atoms with van der Waals surface area (Å²) >= 11 is 0. The number of aromatic hydroxyl groups is 1. The van der Waals surface area contributed by atoms with E-state index in [0.29, 0.717) is 11.3 Å². The number of fused-ring (bicyclic) bond motifs is 2. The Bertz CT molecular complexity index is 1050. The van der Waals surface area contributed by atoms with Crippen LogP contribution in [-0.4, -0.2) is 18.3 Å². The molecule has 2 aromatic carbocycles. The summed E-state index contributed by atoms with van der Waals surface area (Å²) < 4.78 is 34.6. The predicted molar refractivity (Wildman–Crippen MR) is 86.9 cm³/mol. The van der Waals surface area contributed by atoms with Crippen molar-refractivity contribution in [1.29, 1.82) is 0 Å². The Hall–Kier alpha value is -3.22. The molecule has 1 atom stereocenters. The third-order valence-corrected chi connectivity index (χ3v) is 3.83. The minimum absolute atomic E-state index is 0.0571. The molecule has 1 aliphatic rings. The Morgan fingerprint density at radius 2 is 1.88 bits per heavy atom. The van der Waals surface area contributed by atoms with Crippen molar-refractivity contribution in [3.63, 3.8) is 0 Å². The topological polar surface area (TPSA) is 78.1 Å². The van der Waals surface area contributed by atoms with Crippen LogP contribution in [-0.2, 0) is 0 Å². The smallest absolute Gasteiger partial charge is 0.404 e. The Kier molecular flexibility index (Phi) is 3.15. The molecule has 1 aromatic heterocycles. The maximum atomic E-state index is 13.8. The lowest BCUT2D eigenvalue weighted by atomic mass is 10.1. The van der Waals surface area contributed by atoms with Gasteiger partial charge in [0.1, 0.15) is 28.2 Å². The Balaban J connectivity index is 1.87. The van der Waals surface area contributed by atoms with Crippen LogP contribution in [0, 0.1) is 0 Å². The average Bonchev–Trinajstić information content (AvgIpc) is 2.86. The third-order valence-electron chi connectivity index (χ3n) is 3.83. The van der Waals surface area contributed by atoms with Crippen LogP contribution >= 0.6 is 0 Å². The fourth-order valence-corrected chi connectivity index (χ4v) is 2.74. The van der Waals surface area contributed by atoms with Crippen molar-refractivity contribution in [2.24, 2.45) is 0 Å². The van der Waals surface area contributed by atoms with Gasteiger partial charge in [-0.15, -0.1) is 0 Å². The number of halogens is 1. The van der Waals surface area contributed by atoms with Crippen LogP contribution in [0.4, 0.5) is 4.39 Å². The summed E-state index contributed by atoms with van der Waals surface area (Å²) in [5, 5.41) is 10.0. The highest BCUT2D eigenvalue weighted by molar-refractivity contribution is 5.86. The molecule has 0 aliphatic carbocycles. The summed E-state index contributed by atoms with van der Waals surface area (Å²) in [6.07, 6.45) is 0. The van der Waals surface area contributed by atoms with Gasteiger partial charge in [-0.3, -0.25) is 4.79 Å². The van der Waals surface area contributed by atoms with E-state index in [1.807, 2.05) is 0 Å². The highest BCUT2D eigenvalue weighted by atomic mass is 19.2. The van der Waals surface area contributed by atoms with Gasteiger partial charge in [-0.05, 0) is 18.2 Å². The summed E-state index contributed by atoms with van der Waals surface area (Å²) in [4.78, 5) is 12.4. The number of phenols is 1. The fraction of sp³-hybridized carbons (Fsp3) is 0.167. The van der Waals surface area contributed by atoms with E-state index in [1.54, 1.807) is 6.07 Å². The molecule has 3 aromatic rings. The van der Waals surface area contributed by atoms with Crippen molar-refractivity contribution in [2.75, 3.05) is 7.11 Å². The zero-order valence-electron chi connectivity index (χ0n) is 13.3. The number of alkyl halides is 1. The van der Waals surface area contributed by atoms with E-state index in [9.17, 15) is 14.3 Å². The maximum absolute atomic E-state index is 13.8. The molecule has 0 saturated heterocycles. The Morgan fingerprint density at radius 1 is 1.12 bits per heavy atom. The molecule has 0 saturated carbocycles. The Morgan fingerprint density at radius 3 is 2.64 bits per heavy atom. The van der Waals surface area contributed by atoms with Gasteiger partial charge in [0.05, 0.1) is 7.11 Å². The second kappa shape index (κ2) is 5.14. The van der Waals surface area contributed by atoms with E-state index in [0.717, 1.165) is 6.92 Å². The minimum atomic E-state index is -2.23. The number of benzene rings is 2. The second-order valence-corrected chi connectivity index (χ2v) is 5.70. The first-order valence-electron chi connectivity index (χ1n) is 7.42. The molecule has 1 unspecified atom stereocenters. The first kappa shape index (κ1) is 15.3. The van der Waals surface area contributed by atoms with E-state index < -0.39 is 11.5 Å². The van der Waals surface area contributed by atoms with E-state index in [2.05, 4.69) is 0 Å². The van der Waals surface area contributed by atoms with Gasteiger partial charge in [0.25, 0.3) is 0 Å². The third kappa shape index (κ3) is 2.53. The minimum Gasteiger partial charge on any atom is -0.507 e. The molecule has 0 radical (unpaired) electrons. The molecular weight excluding hydrogens is 331 g/mol. The van der Waals surface area contributed by atoms with Gasteiger partial charge in [0, 0.05) is 30.7 Å². The standard InChI is InChI=1S/C18H13FO6/c1-18(19)24-13-4-3-9(5-15(13)25-18)14-8-12(21)17-11(20)6-10(22-2)7-16(17)23-14/h3-8,20H,1-2H3. The van der Waals surface area contributed by atoms with Crippen LogP contribution in [0.15, 0.2) is 45.6 Å². The zero-order valence-corrected chi connectivity index (χ0v) is 13.3. The van der Waals surface area contributed by atoms with E-state index in [-0.39, 0.29) is 34.0 Å². The molecule has 0 amide bonds. The van der Waals surface area contributed by atoms with Crippen LogP contribution in [0.5, 0.6) is 23.0 Å². The van der Waals surface area contributed by atoms with Crippen molar-refractivity contribution in [2.45, 2.75) is 13.0 Å². The summed E-state index contributed by atoms with van der Waals surface area (Å²) in [5.41, 5.74) is 0.262. The Labute approximate surface area is 141 Å². The lowest BCUT2D eigenvalue weighted by Gasteiger charge is -2.10. The average molecular weight is 344 g/mol. The lowest BCUT2D eigenvalue weighted by molar-refractivity contribution is -0.173. The van der Waals surface area contributed by atoms with Gasteiger partial charge in [-0.25, -0.2) is 0 Å². The van der Waals surface area contributed by atoms with Gasteiger partial charge >= 0.3 is 6.04 Å². The number of hydrogen-bond acceptors (Lipinski definition) is 6. The molecule has 4 rings (SSSR count). The van der Waals surface area contributed by atoms with Gasteiger partial charge in [-0.1, -0.05) is 0 Å². The summed E-state index contributed by atoms with van der Waals surface area (Å²) in [7, 11) is 1.44. The van der Waals surface area contributed by atoms with Crippen molar-refractivity contribution in [1.82, 2.24) is 0 Å². The number of hydrogen-bond donors (Lipinski definition) is 1. The number of methoxy groups -OCH3 is 1. The maximum Gasteiger partial charge on any atom is 0.404 e. The molecular formula is C18H13FO6. The number of rotatable bonds is 2. The molecule has 128 valence electrons. The molecule has 6 nitrogen and oxygen atoms in total. The molecule has 25 heavy (non-hydrogen) atoms. The lowest BCUT2D eigenvalue weighted by Crippen LogP contribution is -2.27. The molecule has 1 N–H and O–H groups in total. The molecule has 2 heterocycles. The first-order valence-corrected chi connectivity index (χ1v) is 7.42. The SMILES string of the molecule is COc1cc(O)c2c(=O)cc(-c3ccc4c(c3)OC(C)(F)O4)oc2c1.